The maximum atomic E-state index is 12.1. The molecule has 0 spiro atoms. The standard InChI is InChI=1S/C20H24N2O6/c23-17(21-20(26)14-6-2-1-3-7-14)12-28-19(25)10-11-22-15-8-4-5-9-16(15)27-13-18(22)24/h4-5,8-9,14H,1-3,6-7,10-13H2,(H,21,23,26). The van der Waals surface area contributed by atoms with Crippen molar-refractivity contribution in [3.05, 3.63) is 24.3 Å². The summed E-state index contributed by atoms with van der Waals surface area (Å²) in [5, 5.41) is 2.29. The van der Waals surface area contributed by atoms with Crippen LogP contribution in [0.1, 0.15) is 38.5 Å². The number of carbonyl (C=O) groups is 4. The van der Waals surface area contributed by atoms with Gasteiger partial charge in [0.05, 0.1) is 12.1 Å². The van der Waals surface area contributed by atoms with Gasteiger partial charge in [-0.2, -0.15) is 0 Å². The summed E-state index contributed by atoms with van der Waals surface area (Å²) in [6.45, 7) is -0.469. The molecule has 3 amide bonds. The van der Waals surface area contributed by atoms with Crippen LogP contribution < -0.4 is 15.0 Å². The van der Waals surface area contributed by atoms with E-state index in [0.29, 0.717) is 11.4 Å². The molecule has 150 valence electrons. The van der Waals surface area contributed by atoms with E-state index in [2.05, 4.69) is 5.32 Å². The fraction of sp³-hybridized carbons (Fsp3) is 0.500. The van der Waals surface area contributed by atoms with Crippen LogP contribution in [0.25, 0.3) is 0 Å². The number of rotatable bonds is 6. The Kier molecular flexibility index (Phi) is 6.62. The molecule has 28 heavy (non-hydrogen) atoms. The van der Waals surface area contributed by atoms with Crippen LogP contribution in [-0.2, 0) is 23.9 Å². The third-order valence-corrected chi connectivity index (χ3v) is 4.95. The molecular weight excluding hydrogens is 364 g/mol. The number of hydrogen-bond acceptors (Lipinski definition) is 6. The monoisotopic (exact) mass is 388 g/mol. The molecule has 0 unspecified atom stereocenters. The van der Waals surface area contributed by atoms with Gasteiger partial charge in [0.2, 0.25) is 5.91 Å². The van der Waals surface area contributed by atoms with Crippen molar-refractivity contribution in [1.29, 1.82) is 0 Å². The number of nitrogens with zero attached hydrogens (tertiary/aromatic N) is 1. The molecule has 0 radical (unpaired) electrons. The molecule has 1 heterocycles. The van der Waals surface area contributed by atoms with E-state index in [-0.39, 0.29) is 37.3 Å². The van der Waals surface area contributed by atoms with Gasteiger partial charge in [-0.25, -0.2) is 0 Å². The quantitative estimate of drug-likeness (QED) is 0.742. The van der Waals surface area contributed by atoms with Gasteiger partial charge in [0.15, 0.2) is 13.2 Å². The van der Waals surface area contributed by atoms with E-state index in [9.17, 15) is 19.2 Å². The maximum absolute atomic E-state index is 12.1. The van der Waals surface area contributed by atoms with E-state index in [0.717, 1.165) is 32.1 Å². The van der Waals surface area contributed by atoms with Crippen molar-refractivity contribution in [2.45, 2.75) is 38.5 Å². The number of benzene rings is 1. The largest absolute Gasteiger partial charge is 0.482 e. The van der Waals surface area contributed by atoms with Gasteiger partial charge >= 0.3 is 5.97 Å². The zero-order chi connectivity index (χ0) is 19.9. The minimum absolute atomic E-state index is 0.0655. The zero-order valence-electron chi connectivity index (χ0n) is 15.6. The molecule has 8 nitrogen and oxygen atoms in total. The highest BCUT2D eigenvalue weighted by molar-refractivity contribution is 5.98. The van der Waals surface area contributed by atoms with Crippen molar-refractivity contribution in [3.8, 4) is 5.75 Å². The molecule has 0 aromatic heterocycles. The summed E-state index contributed by atoms with van der Waals surface area (Å²) >= 11 is 0. The SMILES string of the molecule is O=C(COC(=O)CCN1C(=O)COc2ccccc21)NC(=O)C1CCCCC1. The summed E-state index contributed by atoms with van der Waals surface area (Å²) in [7, 11) is 0. The Morgan fingerprint density at radius 1 is 1.14 bits per heavy atom. The number of hydrogen-bond donors (Lipinski definition) is 1. The van der Waals surface area contributed by atoms with Crippen LogP contribution in [0.5, 0.6) is 5.75 Å². The van der Waals surface area contributed by atoms with Crippen molar-refractivity contribution in [2.24, 2.45) is 5.92 Å². The lowest BCUT2D eigenvalue weighted by atomic mass is 9.89. The number of nitrogens with one attached hydrogen (secondary N) is 1. The first-order valence-corrected chi connectivity index (χ1v) is 9.56. The van der Waals surface area contributed by atoms with E-state index in [4.69, 9.17) is 9.47 Å². The van der Waals surface area contributed by atoms with Crippen molar-refractivity contribution < 1.29 is 28.7 Å². The molecule has 1 aliphatic heterocycles. The Hall–Kier alpha value is -2.90. The Balaban J connectivity index is 1.41. The molecule has 0 bridgehead atoms. The Morgan fingerprint density at radius 3 is 2.68 bits per heavy atom. The first-order valence-electron chi connectivity index (χ1n) is 9.56. The highest BCUT2D eigenvalue weighted by Crippen LogP contribution is 2.31. The van der Waals surface area contributed by atoms with Crippen molar-refractivity contribution in [2.75, 3.05) is 24.7 Å². The first-order chi connectivity index (χ1) is 13.5. The summed E-state index contributed by atoms with van der Waals surface area (Å²) in [5.74, 6) is -1.34. The molecule has 2 aliphatic rings. The van der Waals surface area contributed by atoms with Crippen molar-refractivity contribution in [3.63, 3.8) is 0 Å². The lowest BCUT2D eigenvalue weighted by Crippen LogP contribution is -2.41. The molecule has 0 atom stereocenters. The lowest BCUT2D eigenvalue weighted by Gasteiger charge is -2.28. The third-order valence-electron chi connectivity index (χ3n) is 4.95. The fourth-order valence-electron chi connectivity index (χ4n) is 3.46. The smallest absolute Gasteiger partial charge is 0.308 e. The molecule has 3 rings (SSSR count). The summed E-state index contributed by atoms with van der Waals surface area (Å²) in [4.78, 5) is 49.3. The van der Waals surface area contributed by atoms with Crippen LogP contribution in [0.4, 0.5) is 5.69 Å². The van der Waals surface area contributed by atoms with Crippen LogP contribution in [0.15, 0.2) is 24.3 Å². The fourth-order valence-corrected chi connectivity index (χ4v) is 3.46. The van der Waals surface area contributed by atoms with E-state index in [1.807, 2.05) is 0 Å². The van der Waals surface area contributed by atoms with Gasteiger partial charge < -0.3 is 14.4 Å². The van der Waals surface area contributed by atoms with E-state index in [1.165, 1.54) is 4.90 Å². The molecule has 8 heteroatoms. The van der Waals surface area contributed by atoms with Crippen molar-refractivity contribution in [1.82, 2.24) is 5.32 Å². The number of imide groups is 1. The maximum Gasteiger partial charge on any atom is 0.308 e. The van der Waals surface area contributed by atoms with Gasteiger partial charge in [-0.15, -0.1) is 0 Å². The average Bonchev–Trinajstić information content (AvgIpc) is 2.72. The number of carbonyl (C=O) groups excluding carboxylic acids is 4. The molecule has 1 saturated carbocycles. The van der Waals surface area contributed by atoms with Crippen LogP contribution >= 0.6 is 0 Å². The molecule has 0 saturated heterocycles. The second kappa shape index (κ2) is 9.34. The summed E-state index contributed by atoms with van der Waals surface area (Å²) < 4.78 is 10.3. The van der Waals surface area contributed by atoms with Crippen LogP contribution in [0.3, 0.4) is 0 Å². The van der Waals surface area contributed by atoms with E-state index >= 15 is 0 Å². The third kappa shape index (κ3) is 5.09. The molecule has 1 aliphatic carbocycles. The minimum Gasteiger partial charge on any atom is -0.482 e. The van der Waals surface area contributed by atoms with Gasteiger partial charge in [0.1, 0.15) is 5.75 Å². The highest BCUT2D eigenvalue weighted by atomic mass is 16.5. The number of amides is 3. The average molecular weight is 388 g/mol. The van der Waals surface area contributed by atoms with Gasteiger partial charge in [-0.3, -0.25) is 24.5 Å². The van der Waals surface area contributed by atoms with Crippen molar-refractivity contribution >= 4 is 29.4 Å². The summed E-state index contributed by atoms with van der Waals surface area (Å²) in [5.41, 5.74) is 0.599. The molecule has 1 N–H and O–H groups in total. The number of ether oxygens (including phenoxy) is 2. The van der Waals surface area contributed by atoms with E-state index < -0.39 is 18.5 Å². The Morgan fingerprint density at radius 2 is 1.89 bits per heavy atom. The topological polar surface area (TPSA) is 102 Å². The van der Waals surface area contributed by atoms with Crippen LogP contribution in [0, 0.1) is 5.92 Å². The molecule has 1 aromatic carbocycles. The van der Waals surface area contributed by atoms with Crippen LogP contribution in [0.2, 0.25) is 0 Å². The number of anilines is 1. The van der Waals surface area contributed by atoms with Gasteiger partial charge in [-0.1, -0.05) is 31.4 Å². The highest BCUT2D eigenvalue weighted by Gasteiger charge is 2.26. The molecule has 1 aromatic rings. The van der Waals surface area contributed by atoms with E-state index in [1.54, 1.807) is 24.3 Å². The van der Waals surface area contributed by atoms with Gasteiger partial charge in [0.25, 0.3) is 11.8 Å². The number of fused-ring (bicyclic) bond motifs is 1. The van der Waals surface area contributed by atoms with Gasteiger partial charge in [0, 0.05) is 12.5 Å². The van der Waals surface area contributed by atoms with Gasteiger partial charge in [-0.05, 0) is 25.0 Å². The predicted octanol–water partition coefficient (Wildman–Crippen LogP) is 1.57. The Bertz CT molecular complexity index is 757. The lowest BCUT2D eigenvalue weighted by molar-refractivity contribution is -0.150. The zero-order valence-corrected chi connectivity index (χ0v) is 15.6. The normalized spacial score (nSPS) is 16.7. The minimum atomic E-state index is -0.628. The molecule has 1 fully saturated rings. The first kappa shape index (κ1) is 19.9. The number of para-hydroxylation sites is 2. The second-order valence-electron chi connectivity index (χ2n) is 6.96. The molecular formula is C20H24N2O6. The van der Waals surface area contributed by atoms with Crippen LogP contribution in [-0.4, -0.2) is 43.4 Å². The summed E-state index contributed by atoms with van der Waals surface area (Å²) in [6, 6.07) is 7.07. The second-order valence-corrected chi connectivity index (χ2v) is 6.96. The predicted molar refractivity (Wildman–Crippen MR) is 99.6 cm³/mol. The summed E-state index contributed by atoms with van der Waals surface area (Å²) in [6.07, 6.45) is 4.60. The number of esters is 1. The Labute approximate surface area is 163 Å².